The van der Waals surface area contributed by atoms with Crippen LogP contribution >= 0.6 is 0 Å². The number of allylic oxidation sites excluding steroid dienone is 2. The molecule has 0 aliphatic carbocycles. The fraction of sp³-hybridized carbons (Fsp3) is 0.333. The zero-order valence-corrected chi connectivity index (χ0v) is 6.95. The van der Waals surface area contributed by atoms with Gasteiger partial charge < -0.3 is 0 Å². The van der Waals surface area contributed by atoms with Crippen LogP contribution in [0.2, 0.25) is 0 Å². The smallest absolute Gasteiger partial charge is 0.214 e. The van der Waals surface area contributed by atoms with Crippen molar-refractivity contribution in [2.24, 2.45) is 0 Å². The maximum Gasteiger partial charge on any atom is 0.259 e. The maximum atomic E-state index is 12.3. The summed E-state index contributed by atoms with van der Waals surface area (Å²) in [6.45, 7) is 2.35. The molecule has 0 spiro atoms. The standard InChI is InChI=1S/C6H8F2O2S/c1-3-5(7)11(9,10)6(8)4-2/h3-4H,1-2H3. The third-order valence-electron chi connectivity index (χ3n) is 0.967. The van der Waals surface area contributed by atoms with Crippen LogP contribution in [-0.2, 0) is 9.84 Å². The van der Waals surface area contributed by atoms with Crippen LogP contribution in [0, 0.1) is 0 Å². The average Bonchev–Trinajstić information content (AvgIpc) is 2.01. The Morgan fingerprint density at radius 3 is 1.55 bits per heavy atom. The highest BCUT2D eigenvalue weighted by molar-refractivity contribution is 7.98. The van der Waals surface area contributed by atoms with E-state index in [0.29, 0.717) is 12.2 Å². The van der Waals surface area contributed by atoms with Crippen LogP contribution in [-0.4, -0.2) is 8.42 Å². The van der Waals surface area contributed by atoms with E-state index < -0.39 is 20.2 Å². The molecule has 0 heterocycles. The third-order valence-corrected chi connectivity index (χ3v) is 2.47. The molecule has 0 aliphatic rings. The van der Waals surface area contributed by atoms with Gasteiger partial charge in [-0.1, -0.05) is 0 Å². The Hall–Kier alpha value is -0.710. The Morgan fingerprint density at radius 2 is 1.36 bits per heavy atom. The van der Waals surface area contributed by atoms with E-state index in [2.05, 4.69) is 0 Å². The number of hydrogen-bond acceptors (Lipinski definition) is 2. The average molecular weight is 182 g/mol. The Morgan fingerprint density at radius 1 is 1.09 bits per heavy atom. The van der Waals surface area contributed by atoms with Gasteiger partial charge in [0.25, 0.3) is 9.84 Å². The molecule has 0 aliphatic heterocycles. The van der Waals surface area contributed by atoms with Gasteiger partial charge in [-0.25, -0.2) is 8.42 Å². The summed E-state index contributed by atoms with van der Waals surface area (Å²) < 4.78 is 45.9. The van der Waals surface area contributed by atoms with Crippen molar-refractivity contribution in [1.29, 1.82) is 0 Å². The number of sulfone groups is 1. The summed E-state index contributed by atoms with van der Waals surface area (Å²) in [4.78, 5) is 0. The summed E-state index contributed by atoms with van der Waals surface area (Å²) in [6, 6.07) is 0. The van der Waals surface area contributed by atoms with Crippen LogP contribution in [0.4, 0.5) is 8.78 Å². The van der Waals surface area contributed by atoms with Crippen LogP contribution in [0.15, 0.2) is 22.5 Å². The van der Waals surface area contributed by atoms with Crippen molar-refractivity contribution < 1.29 is 17.2 Å². The second kappa shape index (κ2) is 3.61. The van der Waals surface area contributed by atoms with Gasteiger partial charge in [0.05, 0.1) is 0 Å². The van der Waals surface area contributed by atoms with Crippen LogP contribution in [0.3, 0.4) is 0 Å². The Bertz CT molecular complexity index is 264. The molecule has 0 saturated carbocycles. The first-order chi connectivity index (χ1) is 4.96. The van der Waals surface area contributed by atoms with Crippen LogP contribution in [0.5, 0.6) is 0 Å². The van der Waals surface area contributed by atoms with Gasteiger partial charge in [0, 0.05) is 0 Å². The molecule has 11 heavy (non-hydrogen) atoms. The second-order valence-corrected chi connectivity index (χ2v) is 3.48. The number of rotatable bonds is 2. The molecule has 0 aromatic heterocycles. The van der Waals surface area contributed by atoms with Crippen molar-refractivity contribution in [3.05, 3.63) is 22.5 Å². The second-order valence-electron chi connectivity index (χ2n) is 1.69. The first-order valence-corrected chi connectivity index (χ1v) is 4.33. The molecule has 0 amide bonds. The summed E-state index contributed by atoms with van der Waals surface area (Å²) in [5.74, 6) is 0. The van der Waals surface area contributed by atoms with E-state index in [-0.39, 0.29) is 0 Å². The van der Waals surface area contributed by atoms with Gasteiger partial charge >= 0.3 is 0 Å². The lowest BCUT2D eigenvalue weighted by Crippen LogP contribution is -1.99. The van der Waals surface area contributed by atoms with Crippen LogP contribution < -0.4 is 0 Å². The molecule has 0 radical (unpaired) electrons. The van der Waals surface area contributed by atoms with E-state index in [1.165, 1.54) is 13.8 Å². The molecule has 5 heteroatoms. The lowest BCUT2D eigenvalue weighted by atomic mass is 10.7. The van der Waals surface area contributed by atoms with Crippen molar-refractivity contribution in [3.63, 3.8) is 0 Å². The minimum Gasteiger partial charge on any atom is -0.214 e. The quantitative estimate of drug-likeness (QED) is 0.655. The molecule has 64 valence electrons. The first-order valence-electron chi connectivity index (χ1n) is 2.85. The van der Waals surface area contributed by atoms with Gasteiger partial charge in [0.15, 0.2) is 0 Å². The third kappa shape index (κ3) is 2.11. The summed E-state index contributed by atoms with van der Waals surface area (Å²) >= 11 is 0. The van der Waals surface area contributed by atoms with Crippen molar-refractivity contribution in [3.8, 4) is 0 Å². The van der Waals surface area contributed by atoms with Gasteiger partial charge in [-0.15, -0.1) is 0 Å². The summed E-state index contributed by atoms with van der Waals surface area (Å²) in [5, 5.41) is -2.93. The molecule has 0 fully saturated rings. The highest BCUT2D eigenvalue weighted by Crippen LogP contribution is 2.18. The highest BCUT2D eigenvalue weighted by atomic mass is 32.2. The highest BCUT2D eigenvalue weighted by Gasteiger charge is 2.21. The summed E-state index contributed by atoms with van der Waals surface area (Å²) in [6.07, 6.45) is 1.39. The van der Waals surface area contributed by atoms with Crippen molar-refractivity contribution in [2.45, 2.75) is 13.8 Å². The normalized spacial score (nSPS) is 15.3. The zero-order chi connectivity index (χ0) is 9.07. The monoisotopic (exact) mass is 182 g/mol. The minimum absolute atomic E-state index is 0.693. The number of halogens is 2. The van der Waals surface area contributed by atoms with E-state index in [9.17, 15) is 17.2 Å². The molecule has 0 aromatic rings. The lowest BCUT2D eigenvalue weighted by molar-refractivity contribution is 0.561. The van der Waals surface area contributed by atoms with Crippen LogP contribution in [0.1, 0.15) is 13.8 Å². The molecular formula is C6H8F2O2S. The summed E-state index contributed by atoms with van der Waals surface area (Å²) in [7, 11) is -4.45. The Labute approximate surface area is 64.1 Å². The van der Waals surface area contributed by atoms with Crippen LogP contribution in [0.25, 0.3) is 0 Å². The molecular weight excluding hydrogens is 174 g/mol. The molecule has 0 bridgehead atoms. The van der Waals surface area contributed by atoms with Crippen molar-refractivity contribution in [2.75, 3.05) is 0 Å². The molecule has 0 rings (SSSR count). The molecule has 0 aromatic carbocycles. The van der Waals surface area contributed by atoms with E-state index in [1.54, 1.807) is 0 Å². The van der Waals surface area contributed by atoms with Crippen molar-refractivity contribution >= 4 is 9.84 Å². The largest absolute Gasteiger partial charge is 0.259 e. The van der Waals surface area contributed by atoms with E-state index in [1.807, 2.05) is 0 Å². The predicted octanol–water partition coefficient (Wildman–Crippen LogP) is 2.06. The molecule has 0 atom stereocenters. The van der Waals surface area contributed by atoms with Gasteiger partial charge in [-0.2, -0.15) is 8.78 Å². The number of hydrogen-bond donors (Lipinski definition) is 0. The molecule has 0 saturated heterocycles. The maximum absolute atomic E-state index is 12.3. The van der Waals surface area contributed by atoms with Gasteiger partial charge in [-0.3, -0.25) is 0 Å². The predicted molar refractivity (Wildman–Crippen MR) is 38.6 cm³/mol. The van der Waals surface area contributed by atoms with Gasteiger partial charge in [-0.05, 0) is 26.0 Å². The molecule has 0 N–H and O–H groups in total. The lowest BCUT2D eigenvalue weighted by Gasteiger charge is -1.94. The Kier molecular flexibility index (Phi) is 3.38. The van der Waals surface area contributed by atoms with Gasteiger partial charge in [0.1, 0.15) is 0 Å². The fourth-order valence-corrected chi connectivity index (χ4v) is 1.21. The van der Waals surface area contributed by atoms with E-state index >= 15 is 0 Å². The topological polar surface area (TPSA) is 34.1 Å². The molecule has 2 nitrogen and oxygen atoms in total. The zero-order valence-electron chi connectivity index (χ0n) is 6.14. The fourth-order valence-electron chi connectivity index (χ4n) is 0.403. The Balaban J connectivity index is 5.09. The SMILES string of the molecule is CC=C(F)S(=O)(=O)C(F)=CC. The van der Waals surface area contributed by atoms with E-state index in [0.717, 1.165) is 0 Å². The van der Waals surface area contributed by atoms with Crippen molar-refractivity contribution in [1.82, 2.24) is 0 Å². The first kappa shape index (κ1) is 10.3. The minimum atomic E-state index is -4.45. The van der Waals surface area contributed by atoms with Gasteiger partial charge in [0.2, 0.25) is 10.3 Å². The summed E-state index contributed by atoms with van der Waals surface area (Å²) in [5.41, 5.74) is 0. The molecule has 0 unspecified atom stereocenters. The van der Waals surface area contributed by atoms with E-state index in [4.69, 9.17) is 0 Å².